The number of aromatic nitrogens is 1. The molecule has 23 heavy (non-hydrogen) atoms. The van der Waals surface area contributed by atoms with Gasteiger partial charge < -0.3 is 10.6 Å². The zero-order chi connectivity index (χ0) is 16.1. The Morgan fingerprint density at radius 2 is 2.13 bits per heavy atom. The van der Waals surface area contributed by atoms with Crippen molar-refractivity contribution in [2.75, 3.05) is 13.1 Å². The molecule has 0 spiro atoms. The van der Waals surface area contributed by atoms with Gasteiger partial charge in [-0.2, -0.15) is 0 Å². The van der Waals surface area contributed by atoms with E-state index in [9.17, 15) is 4.79 Å². The average molecular weight is 374 g/mol. The summed E-state index contributed by atoms with van der Waals surface area (Å²) in [5.74, 6) is 0.623. The van der Waals surface area contributed by atoms with Crippen molar-refractivity contribution in [1.82, 2.24) is 9.88 Å². The third kappa shape index (κ3) is 2.66. The first-order valence-electron chi connectivity index (χ1n) is 8.19. The molecule has 2 aromatic rings. The van der Waals surface area contributed by atoms with E-state index in [4.69, 9.17) is 10.7 Å². The van der Waals surface area contributed by atoms with Crippen LogP contribution in [-0.4, -0.2) is 34.9 Å². The number of carbonyl (C=O) groups is 1. The smallest absolute Gasteiger partial charge is 0.254 e. The highest BCUT2D eigenvalue weighted by Gasteiger charge is 2.32. The number of pyridine rings is 1. The number of fused-ring (bicyclic) bond motifs is 1. The second kappa shape index (κ2) is 5.56. The Balaban J connectivity index is 1.90. The molecular weight excluding hydrogens is 354 g/mol. The maximum Gasteiger partial charge on any atom is 0.254 e. The molecule has 2 heterocycles. The van der Waals surface area contributed by atoms with Crippen LogP contribution in [0.4, 0.5) is 0 Å². The van der Waals surface area contributed by atoms with Crippen molar-refractivity contribution in [3.05, 3.63) is 39.5 Å². The molecule has 5 heteroatoms. The summed E-state index contributed by atoms with van der Waals surface area (Å²) in [5.41, 5.74) is 9.86. The zero-order valence-corrected chi connectivity index (χ0v) is 14.8. The highest BCUT2D eigenvalue weighted by atomic mass is 79.9. The maximum atomic E-state index is 13.2. The van der Waals surface area contributed by atoms with Crippen LogP contribution in [0.15, 0.2) is 22.7 Å². The molecule has 1 saturated heterocycles. The lowest BCUT2D eigenvalue weighted by Crippen LogP contribution is -2.32. The van der Waals surface area contributed by atoms with Crippen LogP contribution in [0.25, 0.3) is 10.9 Å². The van der Waals surface area contributed by atoms with Gasteiger partial charge in [0, 0.05) is 40.6 Å². The van der Waals surface area contributed by atoms with Gasteiger partial charge in [0.15, 0.2) is 0 Å². The monoisotopic (exact) mass is 373 g/mol. The molecule has 1 atom stereocenters. The van der Waals surface area contributed by atoms with Crippen molar-refractivity contribution in [2.24, 2.45) is 5.73 Å². The van der Waals surface area contributed by atoms with Gasteiger partial charge in [0.2, 0.25) is 0 Å². The van der Waals surface area contributed by atoms with E-state index in [1.807, 2.05) is 30.0 Å². The Bertz CT molecular complexity index is 800. The van der Waals surface area contributed by atoms with E-state index in [0.717, 1.165) is 45.2 Å². The lowest BCUT2D eigenvalue weighted by atomic mass is 9.98. The molecule has 120 valence electrons. The highest BCUT2D eigenvalue weighted by Crippen LogP contribution is 2.42. The molecule has 1 aliphatic carbocycles. The molecule has 1 aliphatic heterocycles. The van der Waals surface area contributed by atoms with Gasteiger partial charge in [-0.05, 0) is 49.9 Å². The van der Waals surface area contributed by atoms with Crippen molar-refractivity contribution < 1.29 is 4.79 Å². The summed E-state index contributed by atoms with van der Waals surface area (Å²) in [6.07, 6.45) is 3.24. The minimum atomic E-state index is 0.0991. The average Bonchev–Trinajstić information content (AvgIpc) is 3.27. The molecule has 1 saturated carbocycles. The zero-order valence-electron chi connectivity index (χ0n) is 13.2. The lowest BCUT2D eigenvalue weighted by Gasteiger charge is -2.20. The Hall–Kier alpha value is -1.46. The van der Waals surface area contributed by atoms with Crippen LogP contribution in [0.1, 0.15) is 46.8 Å². The highest BCUT2D eigenvalue weighted by molar-refractivity contribution is 9.10. The molecule has 1 aromatic carbocycles. The van der Waals surface area contributed by atoms with Gasteiger partial charge in [0.1, 0.15) is 0 Å². The lowest BCUT2D eigenvalue weighted by molar-refractivity contribution is 0.0792. The van der Waals surface area contributed by atoms with Crippen molar-refractivity contribution in [3.8, 4) is 0 Å². The number of halogens is 1. The first kappa shape index (κ1) is 15.1. The van der Waals surface area contributed by atoms with Crippen LogP contribution in [-0.2, 0) is 0 Å². The Labute approximate surface area is 144 Å². The minimum Gasteiger partial charge on any atom is -0.337 e. The predicted octanol–water partition coefficient (Wildman–Crippen LogP) is 3.36. The van der Waals surface area contributed by atoms with E-state index in [-0.39, 0.29) is 11.9 Å². The van der Waals surface area contributed by atoms with Crippen LogP contribution < -0.4 is 5.73 Å². The number of carbonyl (C=O) groups excluding carboxylic acids is 1. The fourth-order valence-electron chi connectivity index (χ4n) is 3.51. The van der Waals surface area contributed by atoms with Crippen molar-refractivity contribution in [2.45, 2.75) is 38.1 Å². The fourth-order valence-corrected chi connectivity index (χ4v) is 3.87. The predicted molar refractivity (Wildman–Crippen MR) is 94.7 cm³/mol. The number of amides is 1. The molecule has 2 fully saturated rings. The molecular formula is C18H20BrN3O. The second-order valence-electron chi connectivity index (χ2n) is 6.73. The van der Waals surface area contributed by atoms with E-state index < -0.39 is 0 Å². The van der Waals surface area contributed by atoms with Gasteiger partial charge >= 0.3 is 0 Å². The summed E-state index contributed by atoms with van der Waals surface area (Å²) in [6, 6.07) is 6.09. The summed E-state index contributed by atoms with van der Waals surface area (Å²) in [7, 11) is 0. The summed E-state index contributed by atoms with van der Waals surface area (Å²) in [5, 5.41) is 0.937. The summed E-state index contributed by atoms with van der Waals surface area (Å²) < 4.78 is 0.970. The molecule has 1 amide bonds. The number of nitrogens with zero attached hydrogens (tertiary/aromatic N) is 2. The number of nitrogens with two attached hydrogens (primary N) is 1. The molecule has 2 aliphatic rings. The van der Waals surface area contributed by atoms with E-state index in [0.29, 0.717) is 12.5 Å². The standard InChI is InChI=1S/C18H20BrN3O/c1-10-16(18(23)22-7-6-13(20)9-22)14-8-12(19)4-5-15(14)21-17(10)11-2-3-11/h4-5,8,11,13H,2-3,6-7,9,20H2,1H3/t13-/m1/s1. The van der Waals surface area contributed by atoms with Crippen molar-refractivity contribution >= 4 is 32.7 Å². The molecule has 4 nitrogen and oxygen atoms in total. The minimum absolute atomic E-state index is 0.0991. The quantitative estimate of drug-likeness (QED) is 0.877. The molecule has 0 unspecified atom stereocenters. The third-order valence-electron chi connectivity index (χ3n) is 4.92. The number of rotatable bonds is 2. The number of hydrogen-bond donors (Lipinski definition) is 1. The number of hydrogen-bond acceptors (Lipinski definition) is 3. The van der Waals surface area contributed by atoms with E-state index in [2.05, 4.69) is 15.9 Å². The fraction of sp³-hybridized carbons (Fsp3) is 0.444. The normalized spacial score (nSPS) is 21.2. The Morgan fingerprint density at radius 3 is 2.78 bits per heavy atom. The van der Waals surface area contributed by atoms with Crippen LogP contribution in [0.5, 0.6) is 0 Å². The van der Waals surface area contributed by atoms with Gasteiger partial charge in [-0.3, -0.25) is 9.78 Å². The molecule has 0 bridgehead atoms. The third-order valence-corrected chi connectivity index (χ3v) is 5.41. The van der Waals surface area contributed by atoms with E-state index in [1.165, 1.54) is 12.8 Å². The first-order chi connectivity index (χ1) is 11.0. The summed E-state index contributed by atoms with van der Waals surface area (Å²) in [6.45, 7) is 3.44. The summed E-state index contributed by atoms with van der Waals surface area (Å²) in [4.78, 5) is 19.9. The SMILES string of the molecule is Cc1c(C2CC2)nc2ccc(Br)cc2c1C(=O)N1CC[C@@H](N)C1. The summed E-state index contributed by atoms with van der Waals surface area (Å²) >= 11 is 3.52. The van der Waals surface area contributed by atoms with Crippen LogP contribution >= 0.6 is 15.9 Å². The van der Waals surface area contributed by atoms with Crippen molar-refractivity contribution in [3.63, 3.8) is 0 Å². The van der Waals surface area contributed by atoms with E-state index in [1.54, 1.807) is 0 Å². The Morgan fingerprint density at radius 1 is 1.35 bits per heavy atom. The van der Waals surface area contributed by atoms with Crippen LogP contribution in [0, 0.1) is 6.92 Å². The van der Waals surface area contributed by atoms with Gasteiger partial charge in [-0.25, -0.2) is 0 Å². The van der Waals surface area contributed by atoms with Gasteiger partial charge in [0.05, 0.1) is 11.1 Å². The molecule has 4 rings (SSSR count). The Kier molecular flexibility index (Phi) is 3.65. The van der Waals surface area contributed by atoms with Gasteiger partial charge in [-0.1, -0.05) is 15.9 Å². The molecule has 2 N–H and O–H groups in total. The molecule has 1 aromatic heterocycles. The topological polar surface area (TPSA) is 59.2 Å². The van der Waals surface area contributed by atoms with Gasteiger partial charge in [-0.15, -0.1) is 0 Å². The van der Waals surface area contributed by atoms with E-state index >= 15 is 0 Å². The second-order valence-corrected chi connectivity index (χ2v) is 7.65. The van der Waals surface area contributed by atoms with Crippen LogP contribution in [0.3, 0.4) is 0 Å². The number of benzene rings is 1. The first-order valence-corrected chi connectivity index (χ1v) is 8.98. The maximum absolute atomic E-state index is 13.2. The van der Waals surface area contributed by atoms with Crippen molar-refractivity contribution in [1.29, 1.82) is 0 Å². The van der Waals surface area contributed by atoms with Gasteiger partial charge in [0.25, 0.3) is 5.91 Å². The number of likely N-dealkylation sites (tertiary alicyclic amines) is 1. The van der Waals surface area contributed by atoms with Crippen LogP contribution in [0.2, 0.25) is 0 Å². The molecule has 0 radical (unpaired) electrons. The largest absolute Gasteiger partial charge is 0.337 e.